The first-order valence-corrected chi connectivity index (χ1v) is 6.03. The fourth-order valence-corrected chi connectivity index (χ4v) is 3.32. The molecule has 2 atom stereocenters. The van der Waals surface area contributed by atoms with Crippen LogP contribution in [0.1, 0.15) is 19.5 Å². The quantitative estimate of drug-likeness (QED) is 0.792. The first-order chi connectivity index (χ1) is 6.68. The third-order valence-electron chi connectivity index (χ3n) is 2.87. The lowest BCUT2D eigenvalue weighted by molar-refractivity contribution is 0.0147. The fraction of sp³-hybridized carbons (Fsp3) is 0.778. The zero-order valence-corrected chi connectivity index (χ0v) is 9.29. The molecule has 0 aliphatic carbocycles. The van der Waals surface area contributed by atoms with Gasteiger partial charge in [-0.3, -0.25) is 0 Å². The molecule has 1 saturated heterocycles. The molecule has 0 aromatic carbocycles. The van der Waals surface area contributed by atoms with E-state index in [0.29, 0.717) is 0 Å². The molecule has 0 saturated carbocycles. The Morgan fingerprint density at radius 1 is 1.79 bits per heavy atom. The van der Waals surface area contributed by atoms with E-state index in [0.717, 1.165) is 23.7 Å². The van der Waals surface area contributed by atoms with Gasteiger partial charge in [-0.1, -0.05) is 12.1 Å². The van der Waals surface area contributed by atoms with Crippen molar-refractivity contribution < 1.29 is 5.11 Å². The Labute approximate surface area is 87.7 Å². The molecule has 1 aromatic heterocycles. The summed E-state index contributed by atoms with van der Waals surface area (Å²) in [5, 5.41) is 18.3. The summed E-state index contributed by atoms with van der Waals surface area (Å²) in [6.45, 7) is 4.84. The molecule has 1 aliphatic rings. The van der Waals surface area contributed by atoms with Crippen LogP contribution in [0.4, 0.5) is 0 Å². The smallest absolute Gasteiger partial charge is 0.120 e. The summed E-state index contributed by atoms with van der Waals surface area (Å²) in [5.74, 6) is 2.03. The predicted octanol–water partition coefficient (Wildman–Crippen LogP) is 0.869. The number of rotatable bonds is 2. The van der Waals surface area contributed by atoms with E-state index in [1.54, 1.807) is 22.6 Å². The zero-order valence-electron chi connectivity index (χ0n) is 8.47. The lowest BCUT2D eigenvalue weighted by Crippen LogP contribution is -2.35. The van der Waals surface area contributed by atoms with Gasteiger partial charge in [-0.05, 0) is 12.7 Å². The van der Waals surface area contributed by atoms with E-state index in [2.05, 4.69) is 17.2 Å². The van der Waals surface area contributed by atoms with Crippen LogP contribution in [0.3, 0.4) is 0 Å². The van der Waals surface area contributed by atoms with Gasteiger partial charge in [0.05, 0.1) is 11.9 Å². The molecule has 1 aliphatic heterocycles. The number of aryl methyl sites for hydroxylation is 1. The molecule has 4 nitrogen and oxygen atoms in total. The molecule has 0 bridgehead atoms. The van der Waals surface area contributed by atoms with Crippen LogP contribution < -0.4 is 0 Å². The summed E-state index contributed by atoms with van der Waals surface area (Å²) in [7, 11) is 0. The molecule has 14 heavy (non-hydrogen) atoms. The van der Waals surface area contributed by atoms with Crippen LogP contribution in [-0.2, 0) is 12.1 Å². The van der Waals surface area contributed by atoms with Crippen molar-refractivity contribution in [2.75, 3.05) is 11.5 Å². The summed E-state index contributed by atoms with van der Waals surface area (Å²) in [6, 6.07) is 0. The Morgan fingerprint density at radius 2 is 2.57 bits per heavy atom. The van der Waals surface area contributed by atoms with E-state index in [4.69, 9.17) is 0 Å². The van der Waals surface area contributed by atoms with Crippen LogP contribution in [0, 0.1) is 5.92 Å². The number of aliphatic hydroxyl groups is 1. The molecule has 0 amide bonds. The van der Waals surface area contributed by atoms with Gasteiger partial charge in [0.2, 0.25) is 0 Å². The van der Waals surface area contributed by atoms with Crippen molar-refractivity contribution in [2.24, 2.45) is 5.92 Å². The van der Waals surface area contributed by atoms with Crippen molar-refractivity contribution in [3.05, 3.63) is 11.9 Å². The minimum absolute atomic E-state index is 0.274. The molecule has 5 heteroatoms. The van der Waals surface area contributed by atoms with E-state index in [1.807, 2.05) is 6.92 Å². The molecule has 0 spiro atoms. The lowest BCUT2D eigenvalue weighted by Gasteiger charge is -2.26. The number of hydrogen-bond donors (Lipinski definition) is 1. The van der Waals surface area contributed by atoms with E-state index in [9.17, 15) is 5.11 Å². The zero-order chi connectivity index (χ0) is 10.2. The number of hydrogen-bond acceptors (Lipinski definition) is 4. The largest absolute Gasteiger partial charge is 0.382 e. The first kappa shape index (κ1) is 9.98. The third kappa shape index (κ3) is 1.35. The van der Waals surface area contributed by atoms with Gasteiger partial charge >= 0.3 is 0 Å². The monoisotopic (exact) mass is 213 g/mol. The minimum atomic E-state index is -0.732. The van der Waals surface area contributed by atoms with Gasteiger partial charge in [0.15, 0.2) is 0 Å². The Balaban J connectivity index is 2.37. The normalized spacial score (nSPS) is 32.4. The van der Waals surface area contributed by atoms with Crippen molar-refractivity contribution in [1.29, 1.82) is 0 Å². The summed E-state index contributed by atoms with van der Waals surface area (Å²) < 4.78 is 1.78. The maximum absolute atomic E-state index is 10.5. The van der Waals surface area contributed by atoms with Gasteiger partial charge in [-0.15, -0.1) is 5.10 Å². The molecule has 2 rings (SSSR count). The molecular weight excluding hydrogens is 198 g/mol. The van der Waals surface area contributed by atoms with E-state index >= 15 is 0 Å². The van der Waals surface area contributed by atoms with Gasteiger partial charge in [-0.25, -0.2) is 4.68 Å². The van der Waals surface area contributed by atoms with Crippen LogP contribution in [-0.4, -0.2) is 31.6 Å². The van der Waals surface area contributed by atoms with Crippen molar-refractivity contribution in [3.63, 3.8) is 0 Å². The van der Waals surface area contributed by atoms with E-state index in [-0.39, 0.29) is 5.92 Å². The molecule has 1 N–H and O–H groups in total. The van der Waals surface area contributed by atoms with Gasteiger partial charge in [-0.2, -0.15) is 11.8 Å². The first-order valence-electron chi connectivity index (χ1n) is 4.87. The second kappa shape index (κ2) is 3.55. The van der Waals surface area contributed by atoms with Gasteiger partial charge in [0.25, 0.3) is 0 Å². The van der Waals surface area contributed by atoms with Crippen LogP contribution >= 0.6 is 11.8 Å². The maximum atomic E-state index is 10.5. The van der Waals surface area contributed by atoms with E-state index in [1.165, 1.54) is 0 Å². The molecule has 0 radical (unpaired) electrons. The van der Waals surface area contributed by atoms with Crippen LogP contribution in [0.2, 0.25) is 0 Å². The summed E-state index contributed by atoms with van der Waals surface area (Å²) >= 11 is 1.79. The third-order valence-corrected chi connectivity index (χ3v) is 4.25. The highest BCUT2D eigenvalue weighted by Crippen LogP contribution is 2.40. The van der Waals surface area contributed by atoms with Crippen LogP contribution in [0.15, 0.2) is 6.20 Å². The fourth-order valence-electron chi connectivity index (χ4n) is 1.82. The molecule has 78 valence electrons. The number of thioether (sulfide) groups is 1. The highest BCUT2D eigenvalue weighted by Gasteiger charge is 2.43. The average Bonchev–Trinajstić information content (AvgIpc) is 2.75. The second-order valence-corrected chi connectivity index (χ2v) is 4.81. The van der Waals surface area contributed by atoms with Crippen molar-refractivity contribution in [2.45, 2.75) is 26.0 Å². The molecule has 2 heterocycles. The Bertz CT molecular complexity index is 328. The van der Waals surface area contributed by atoms with Gasteiger partial charge < -0.3 is 5.11 Å². The predicted molar refractivity (Wildman–Crippen MR) is 56.1 cm³/mol. The Kier molecular flexibility index (Phi) is 2.53. The SMILES string of the molecule is CCn1nncc1C1(O)CSCC1C. The molecular formula is C9H15N3OS. The molecule has 1 aromatic rings. The lowest BCUT2D eigenvalue weighted by atomic mass is 9.89. The minimum Gasteiger partial charge on any atom is -0.382 e. The standard InChI is InChI=1S/C9H15N3OS/c1-3-12-8(4-10-11-12)9(13)6-14-5-7(9)2/h4,7,13H,3,5-6H2,1-2H3. The molecule has 2 unspecified atom stereocenters. The average molecular weight is 213 g/mol. The van der Waals surface area contributed by atoms with Crippen molar-refractivity contribution in [1.82, 2.24) is 15.0 Å². The Hall–Kier alpha value is -0.550. The van der Waals surface area contributed by atoms with E-state index < -0.39 is 5.60 Å². The van der Waals surface area contributed by atoms with Gasteiger partial charge in [0, 0.05) is 18.2 Å². The number of nitrogens with zero attached hydrogens (tertiary/aromatic N) is 3. The maximum Gasteiger partial charge on any atom is 0.120 e. The second-order valence-electron chi connectivity index (χ2n) is 3.78. The highest BCUT2D eigenvalue weighted by molar-refractivity contribution is 7.99. The Morgan fingerprint density at radius 3 is 3.14 bits per heavy atom. The summed E-state index contributed by atoms with van der Waals surface area (Å²) in [6.07, 6.45) is 1.69. The number of aromatic nitrogens is 3. The van der Waals surface area contributed by atoms with Crippen LogP contribution in [0.5, 0.6) is 0 Å². The summed E-state index contributed by atoms with van der Waals surface area (Å²) in [5.41, 5.74) is 0.127. The van der Waals surface area contributed by atoms with Crippen LogP contribution in [0.25, 0.3) is 0 Å². The summed E-state index contributed by atoms with van der Waals surface area (Å²) in [4.78, 5) is 0. The van der Waals surface area contributed by atoms with Crippen molar-refractivity contribution >= 4 is 11.8 Å². The highest BCUT2D eigenvalue weighted by atomic mass is 32.2. The van der Waals surface area contributed by atoms with Crippen molar-refractivity contribution in [3.8, 4) is 0 Å². The van der Waals surface area contributed by atoms with Gasteiger partial charge in [0.1, 0.15) is 5.60 Å². The molecule has 1 fully saturated rings. The topological polar surface area (TPSA) is 50.9 Å².